The van der Waals surface area contributed by atoms with Gasteiger partial charge in [0.25, 0.3) is 11.8 Å². The summed E-state index contributed by atoms with van der Waals surface area (Å²) in [5, 5.41) is 3.75. The zero-order valence-corrected chi connectivity index (χ0v) is 20.2. The summed E-state index contributed by atoms with van der Waals surface area (Å²) in [6.45, 7) is 0.266. The van der Waals surface area contributed by atoms with Gasteiger partial charge >= 0.3 is 0 Å². The Kier molecular flexibility index (Phi) is 6.53. The van der Waals surface area contributed by atoms with Crippen molar-refractivity contribution in [2.45, 2.75) is 54.5 Å². The highest BCUT2D eigenvalue weighted by molar-refractivity contribution is 7.85. The van der Waals surface area contributed by atoms with Crippen LogP contribution in [-0.4, -0.2) is 22.1 Å². The molecule has 0 radical (unpaired) electrons. The number of carbonyl (C=O) groups excluding carboxylic acids is 2. The number of anilines is 1. The topological polar surface area (TPSA) is 66.5 Å². The first-order chi connectivity index (χ1) is 16.5. The Labute approximate surface area is 206 Å². The van der Waals surface area contributed by atoms with Crippen molar-refractivity contribution in [3.63, 3.8) is 0 Å². The number of amides is 2. The third kappa shape index (κ3) is 4.52. The second kappa shape index (κ2) is 9.72. The van der Waals surface area contributed by atoms with E-state index in [-0.39, 0.29) is 24.4 Å². The van der Waals surface area contributed by atoms with Crippen molar-refractivity contribution in [1.82, 2.24) is 5.32 Å². The molecule has 1 N–H and O–H groups in total. The molecule has 34 heavy (non-hydrogen) atoms. The molecule has 174 valence electrons. The minimum absolute atomic E-state index is 0.166. The number of carbonyl (C=O) groups is 2. The van der Waals surface area contributed by atoms with Gasteiger partial charge in [-0.3, -0.25) is 9.59 Å². The summed E-state index contributed by atoms with van der Waals surface area (Å²) in [4.78, 5) is 29.3. The van der Waals surface area contributed by atoms with Crippen LogP contribution in [0.1, 0.15) is 58.4 Å². The molecule has 7 heteroatoms. The average Bonchev–Trinajstić information content (AvgIpc) is 2.95. The van der Waals surface area contributed by atoms with Crippen LogP contribution in [0, 0.1) is 0 Å². The SMILES string of the molecule is O=C(NC1CCCCC1)c1ccc2c(c1)N(Cc1ccc(Cl)cc1)C(=O)c1ccccc1[S@]2=O. The van der Waals surface area contributed by atoms with Gasteiger partial charge in [-0.05, 0) is 60.9 Å². The van der Waals surface area contributed by atoms with Gasteiger partial charge in [0.1, 0.15) is 0 Å². The highest BCUT2D eigenvalue weighted by atomic mass is 35.5. The maximum Gasteiger partial charge on any atom is 0.259 e. The molecule has 0 spiro atoms. The number of hydrogen-bond acceptors (Lipinski definition) is 3. The van der Waals surface area contributed by atoms with Crippen LogP contribution in [0.4, 0.5) is 5.69 Å². The first kappa shape index (κ1) is 22.8. The molecule has 1 aliphatic heterocycles. The molecular weight excluding hydrogens is 468 g/mol. The lowest BCUT2D eigenvalue weighted by atomic mass is 9.95. The van der Waals surface area contributed by atoms with E-state index >= 15 is 0 Å². The summed E-state index contributed by atoms with van der Waals surface area (Å²) >= 11 is 6.05. The fraction of sp³-hybridized carbons (Fsp3) is 0.259. The van der Waals surface area contributed by atoms with E-state index in [9.17, 15) is 13.8 Å². The molecule has 1 fully saturated rings. The third-order valence-electron chi connectivity index (χ3n) is 6.47. The van der Waals surface area contributed by atoms with E-state index in [1.54, 1.807) is 59.5 Å². The predicted octanol–water partition coefficient (Wildman–Crippen LogP) is 5.73. The minimum atomic E-state index is -1.55. The molecule has 0 aromatic heterocycles. The number of halogens is 1. The number of nitrogens with one attached hydrogen (secondary N) is 1. The lowest BCUT2D eigenvalue weighted by Crippen LogP contribution is -2.36. The van der Waals surface area contributed by atoms with Gasteiger partial charge in [0.15, 0.2) is 0 Å². The van der Waals surface area contributed by atoms with Crippen molar-refractivity contribution in [2.75, 3.05) is 4.90 Å². The molecule has 2 amide bonds. The number of hydrogen-bond donors (Lipinski definition) is 1. The fourth-order valence-corrected chi connectivity index (χ4v) is 6.12. The van der Waals surface area contributed by atoms with E-state index < -0.39 is 10.8 Å². The molecule has 3 aromatic carbocycles. The van der Waals surface area contributed by atoms with Gasteiger partial charge in [0, 0.05) is 16.6 Å². The van der Waals surface area contributed by atoms with Crippen molar-refractivity contribution < 1.29 is 13.8 Å². The van der Waals surface area contributed by atoms with Crippen LogP contribution in [-0.2, 0) is 17.3 Å². The third-order valence-corrected chi connectivity index (χ3v) is 8.22. The molecule has 3 aromatic rings. The number of rotatable bonds is 4. The summed E-state index contributed by atoms with van der Waals surface area (Å²) in [7, 11) is -1.55. The number of nitrogens with zero attached hydrogens (tertiary/aromatic N) is 1. The Bertz CT molecular complexity index is 1270. The Morgan fingerprint density at radius 1 is 0.971 bits per heavy atom. The van der Waals surface area contributed by atoms with Gasteiger partial charge in [-0.15, -0.1) is 0 Å². The van der Waals surface area contributed by atoms with Crippen molar-refractivity contribution in [1.29, 1.82) is 0 Å². The van der Waals surface area contributed by atoms with E-state index in [0.717, 1.165) is 31.2 Å². The quantitative estimate of drug-likeness (QED) is 0.505. The van der Waals surface area contributed by atoms with Crippen molar-refractivity contribution in [2.24, 2.45) is 0 Å². The minimum Gasteiger partial charge on any atom is -0.349 e. The van der Waals surface area contributed by atoms with Gasteiger partial charge in [-0.1, -0.05) is 55.1 Å². The molecule has 5 nitrogen and oxygen atoms in total. The maximum absolute atomic E-state index is 13.7. The van der Waals surface area contributed by atoms with Crippen LogP contribution >= 0.6 is 11.6 Å². The van der Waals surface area contributed by atoms with Crippen LogP contribution in [0.15, 0.2) is 76.5 Å². The standard InChI is InChI=1S/C27H25ClN2O3S/c28-20-13-10-18(11-14-20)17-30-23-16-19(26(31)29-21-6-2-1-3-7-21)12-15-25(23)34(33)24-9-5-4-8-22(24)27(30)32/h4-5,8-16,21H,1-3,6-7,17H2,(H,29,31)/t34-/m1/s1. The highest BCUT2D eigenvalue weighted by Crippen LogP contribution is 2.36. The maximum atomic E-state index is 13.7. The molecule has 1 saturated carbocycles. The Hall–Kier alpha value is -2.96. The van der Waals surface area contributed by atoms with Gasteiger partial charge in [-0.2, -0.15) is 0 Å². The van der Waals surface area contributed by atoms with Gasteiger partial charge in [0.05, 0.1) is 38.4 Å². The smallest absolute Gasteiger partial charge is 0.259 e. The highest BCUT2D eigenvalue weighted by Gasteiger charge is 2.31. The van der Waals surface area contributed by atoms with Gasteiger partial charge < -0.3 is 10.2 Å². The fourth-order valence-electron chi connectivity index (χ4n) is 4.65. The first-order valence-electron chi connectivity index (χ1n) is 11.5. The second-order valence-electron chi connectivity index (χ2n) is 8.77. The van der Waals surface area contributed by atoms with E-state index in [2.05, 4.69) is 5.32 Å². The van der Waals surface area contributed by atoms with E-state index in [1.165, 1.54) is 6.42 Å². The van der Waals surface area contributed by atoms with Gasteiger partial charge in [-0.25, -0.2) is 4.21 Å². The Morgan fingerprint density at radius 2 is 1.71 bits per heavy atom. The van der Waals surface area contributed by atoms with E-state index in [4.69, 9.17) is 11.6 Å². The molecule has 0 bridgehead atoms. The monoisotopic (exact) mass is 492 g/mol. The number of benzene rings is 3. The molecule has 5 rings (SSSR count). The largest absolute Gasteiger partial charge is 0.349 e. The number of fused-ring (bicyclic) bond motifs is 2. The molecule has 1 heterocycles. The predicted molar refractivity (Wildman–Crippen MR) is 134 cm³/mol. The first-order valence-corrected chi connectivity index (χ1v) is 13.1. The average molecular weight is 493 g/mol. The lowest BCUT2D eigenvalue weighted by Gasteiger charge is -2.25. The summed E-state index contributed by atoms with van der Waals surface area (Å²) in [5.41, 5.74) is 2.23. The normalized spacial score (nSPS) is 18.1. The van der Waals surface area contributed by atoms with Crippen LogP contribution in [0.3, 0.4) is 0 Å². The van der Waals surface area contributed by atoms with Gasteiger partial charge in [0.2, 0.25) is 0 Å². The molecule has 2 aliphatic rings. The second-order valence-corrected chi connectivity index (χ2v) is 10.6. The molecule has 0 unspecified atom stereocenters. The Balaban J connectivity index is 1.56. The summed E-state index contributed by atoms with van der Waals surface area (Å²) in [6, 6.07) is 19.6. The van der Waals surface area contributed by atoms with E-state index in [0.29, 0.717) is 31.6 Å². The summed E-state index contributed by atoms with van der Waals surface area (Å²) in [5.74, 6) is -0.413. The van der Waals surface area contributed by atoms with Crippen molar-refractivity contribution in [3.8, 4) is 0 Å². The zero-order valence-electron chi connectivity index (χ0n) is 18.6. The Morgan fingerprint density at radius 3 is 2.47 bits per heavy atom. The molecule has 1 atom stereocenters. The van der Waals surface area contributed by atoms with Crippen LogP contribution in [0.25, 0.3) is 0 Å². The molecule has 0 saturated heterocycles. The van der Waals surface area contributed by atoms with Crippen molar-refractivity contribution >= 4 is 39.9 Å². The molecule has 1 aliphatic carbocycles. The van der Waals surface area contributed by atoms with Crippen LogP contribution in [0.5, 0.6) is 0 Å². The summed E-state index contributed by atoms with van der Waals surface area (Å²) in [6.07, 6.45) is 5.42. The lowest BCUT2D eigenvalue weighted by molar-refractivity contribution is 0.0925. The van der Waals surface area contributed by atoms with Crippen LogP contribution in [0.2, 0.25) is 5.02 Å². The van der Waals surface area contributed by atoms with Crippen molar-refractivity contribution in [3.05, 3.63) is 88.4 Å². The molecular formula is C27H25ClN2O3S. The summed E-state index contributed by atoms with van der Waals surface area (Å²) < 4.78 is 13.5. The van der Waals surface area contributed by atoms with E-state index in [1.807, 2.05) is 12.1 Å². The zero-order chi connectivity index (χ0) is 23.7. The van der Waals surface area contributed by atoms with Crippen LogP contribution < -0.4 is 10.2 Å².